The summed E-state index contributed by atoms with van der Waals surface area (Å²) in [5, 5.41) is 13.6. The van der Waals surface area contributed by atoms with E-state index in [1.54, 1.807) is 37.2 Å². The zero-order valence-corrected chi connectivity index (χ0v) is 92.9. The predicted octanol–water partition coefficient (Wildman–Crippen LogP) is 15.2. The first kappa shape index (κ1) is 101. The van der Waals surface area contributed by atoms with Crippen LogP contribution in [0.5, 0.6) is 0 Å². The van der Waals surface area contributed by atoms with Crippen LogP contribution >= 0.6 is 0 Å². The van der Waals surface area contributed by atoms with Gasteiger partial charge in [0.25, 0.3) is 0 Å². The molecule has 744 valence electrons. The third kappa shape index (κ3) is 18.2. The monoisotopic (exact) mass is 3020 g/mol. The summed E-state index contributed by atoms with van der Waals surface area (Å²) in [5.74, 6) is 6.76. The van der Waals surface area contributed by atoms with Gasteiger partial charge in [-0.25, -0.2) is 19.9 Å². The number of aryl methyl sites for hydroxylation is 8. The average molecular weight is 3020 g/mol. The van der Waals surface area contributed by atoms with Crippen molar-refractivity contribution in [3.63, 3.8) is 0 Å². The van der Waals surface area contributed by atoms with Crippen molar-refractivity contribution < 1.29 is 136 Å². The van der Waals surface area contributed by atoms with E-state index in [2.05, 4.69) is 250 Å². The normalized spacial score (nSPS) is 11.2. The molecule has 0 aliphatic rings. The first-order chi connectivity index (χ1) is 69.7. The molecule has 0 saturated carbocycles. The molecular formula is C108H78N34Pt6-4. The number of H-pyrrole nitrogens is 2. The number of para-hydroxylation sites is 4. The summed E-state index contributed by atoms with van der Waals surface area (Å²) in [7, 11) is 15.7. The molecule has 30 aromatic rings. The number of rotatable bonds is 12. The minimum absolute atomic E-state index is 0. The molecule has 2 N–H and O–H groups in total. The van der Waals surface area contributed by atoms with Crippen molar-refractivity contribution in [3.8, 4) is 70.1 Å². The van der Waals surface area contributed by atoms with Crippen LogP contribution in [0.3, 0.4) is 0 Å². The number of benzene rings is 8. The Hall–Kier alpha value is -15.7. The minimum Gasteiger partial charge on any atom is -0.668 e. The van der Waals surface area contributed by atoms with E-state index in [4.69, 9.17) is 9.97 Å². The van der Waals surface area contributed by atoms with Crippen LogP contribution < -0.4 is 19.9 Å². The minimum atomic E-state index is 0. The number of imidazole rings is 12. The number of hydrogen-bond acceptors (Lipinski definition) is 10. The van der Waals surface area contributed by atoms with E-state index >= 15 is 0 Å². The third-order valence-corrected chi connectivity index (χ3v) is 25.2. The zero-order valence-electron chi connectivity index (χ0n) is 79.2. The van der Waals surface area contributed by atoms with Crippen LogP contribution in [0.25, 0.3) is 201 Å². The van der Waals surface area contributed by atoms with E-state index in [9.17, 15) is 0 Å². The van der Waals surface area contributed by atoms with Crippen molar-refractivity contribution in [3.05, 3.63) is 394 Å². The van der Waals surface area contributed by atoms with Gasteiger partial charge in [0.1, 0.15) is 0 Å². The smallest absolute Gasteiger partial charge is 0.668 e. The second kappa shape index (κ2) is 42.0. The molecule has 0 aliphatic heterocycles. The Labute approximate surface area is 929 Å². The summed E-state index contributed by atoms with van der Waals surface area (Å²) in [6.45, 7) is 0. The van der Waals surface area contributed by atoms with E-state index in [0.29, 0.717) is 0 Å². The number of nitrogens with zero attached hydrogens (tertiary/aromatic N) is 32. The summed E-state index contributed by atoms with van der Waals surface area (Å²) in [4.78, 5) is 58.8. The second-order valence-corrected chi connectivity index (χ2v) is 34.1. The van der Waals surface area contributed by atoms with E-state index in [1.807, 2.05) is 314 Å². The molecule has 40 heteroatoms. The van der Waals surface area contributed by atoms with Gasteiger partial charge in [-0.2, -0.15) is 24.3 Å². The van der Waals surface area contributed by atoms with Crippen LogP contribution in [-0.4, -0.2) is 141 Å². The summed E-state index contributed by atoms with van der Waals surface area (Å²) in [6, 6.07) is 64.2. The topological polar surface area (TPSA) is 284 Å². The number of nitrogens with one attached hydrogen (secondary N) is 2. The van der Waals surface area contributed by atoms with E-state index in [1.165, 1.54) is 0 Å². The molecule has 0 saturated heterocycles. The van der Waals surface area contributed by atoms with Gasteiger partial charge in [-0.3, -0.25) is 0 Å². The summed E-state index contributed by atoms with van der Waals surface area (Å²) in [6.07, 6.45) is 77.0. The van der Waals surface area contributed by atoms with Gasteiger partial charge in [-0.05, 0) is 122 Å². The molecule has 22 heterocycles. The van der Waals surface area contributed by atoms with Crippen LogP contribution in [0.2, 0.25) is 0 Å². The number of hydrogen-bond donors (Lipinski definition) is 0. The van der Waals surface area contributed by atoms with Crippen LogP contribution in [0, 0.1) is 74.6 Å². The maximum Gasteiger partial charge on any atom is 2.00 e. The maximum absolute atomic E-state index is 4.90. The Balaban J connectivity index is 0.000000111. The van der Waals surface area contributed by atoms with Crippen LogP contribution in [0.1, 0.15) is 0 Å². The molecule has 0 aliphatic carbocycles. The van der Waals surface area contributed by atoms with Crippen LogP contribution in [-0.2, 0) is 183 Å². The van der Waals surface area contributed by atoms with E-state index in [0.717, 1.165) is 201 Å². The Bertz CT molecular complexity index is 8950. The quantitative estimate of drug-likeness (QED) is 0.103. The molecule has 0 fully saturated rings. The standard InChI is InChI=1S/4C18H14N6.2C18H11N5.6Pt/c2*1-21-9-5-19-17(21)23-7-3-13-11-14-4-8-24(16(14)12-15(13)23)18-20-6-10-22(18)2;2*1-21-11-17(20-12-21)23-6-3-13-9-14-4-7-24(16(14)10-15(13)23)18-19-5-8-22(18)2;2*1-3-13-14-4-2-6-16(23-10-8-20-12-23)18(14)21-17(13)15(5-1)22-9-7-19-11-22;;;;;;/h2*3-5,7-11H,1-2H3;2*3-9,11H,1-2H3;2*1-10,19H;;;;;;/q6*-2;;;4*+2. The fourth-order valence-electron chi connectivity index (χ4n) is 18.4. The SMILES string of the molecule is Cn1[c-]nc(-n2ccc3cc4ccn(-c5nccn5C)c4[c-]c32)c1.Cn1[c-]nc(-n2ccc3cc4ccn(-c5nccn5C)c4[c-]c32)c1.Cn1c[c-]nc1-n1ccc2cc3ccn(-c4nccn4C)c3[c-]c21.Cn1c[c-]nc1-n1ccc2cc3ccn(-c4nccn4C)c3[c-]c21.[Pt+2].[Pt+2].[Pt+2].[Pt+2].[Pt].[Pt].[c-]1nccn1-c1cccc2c1[n-]c1c(-n3[c-][nH+]cc3)cccc12.[c-]1nccn1-c1cccc2c1[n-]c1c(-n3[c-][nH+]cc3)cccc12. The van der Waals surface area contributed by atoms with Gasteiger partial charge >= 0.3 is 84.3 Å². The summed E-state index contributed by atoms with van der Waals surface area (Å²) in [5.41, 5.74) is 15.7. The Morgan fingerprint density at radius 2 is 0.534 bits per heavy atom. The Morgan fingerprint density at radius 3 is 0.764 bits per heavy atom. The van der Waals surface area contributed by atoms with Gasteiger partial charge in [0, 0.05) is 181 Å². The number of aromatic nitrogens is 34. The molecule has 30 rings (SSSR count). The Kier molecular flexibility index (Phi) is 28.7. The Morgan fingerprint density at radius 1 is 0.264 bits per heavy atom. The fourth-order valence-corrected chi connectivity index (χ4v) is 18.4. The van der Waals surface area contributed by atoms with Gasteiger partial charge in [0.05, 0.1) is 11.9 Å². The van der Waals surface area contributed by atoms with Crippen molar-refractivity contribution in [1.82, 2.24) is 151 Å². The van der Waals surface area contributed by atoms with Crippen molar-refractivity contribution in [1.29, 1.82) is 0 Å². The third-order valence-electron chi connectivity index (χ3n) is 25.2. The van der Waals surface area contributed by atoms with Gasteiger partial charge in [-0.15, -0.1) is 114 Å². The van der Waals surface area contributed by atoms with Gasteiger partial charge < -0.3 is 141 Å². The molecule has 22 aromatic heterocycles. The van der Waals surface area contributed by atoms with Gasteiger partial charge in [0.15, 0.2) is 0 Å². The molecule has 0 atom stereocenters. The van der Waals surface area contributed by atoms with Crippen LogP contribution in [0.4, 0.5) is 0 Å². The number of fused-ring (bicyclic) bond motifs is 14. The van der Waals surface area contributed by atoms with E-state index < -0.39 is 0 Å². The molecular weight excluding hydrogens is 2940 g/mol. The van der Waals surface area contributed by atoms with Gasteiger partial charge in [0.2, 0.25) is 36.4 Å². The summed E-state index contributed by atoms with van der Waals surface area (Å²) >= 11 is 0. The molecule has 0 unspecified atom stereocenters. The molecule has 0 radical (unpaired) electrons. The van der Waals surface area contributed by atoms with Crippen molar-refractivity contribution in [2.45, 2.75) is 0 Å². The van der Waals surface area contributed by atoms with Crippen molar-refractivity contribution in [2.75, 3.05) is 0 Å². The molecule has 0 amide bonds. The van der Waals surface area contributed by atoms with Crippen molar-refractivity contribution >= 4 is 131 Å². The second-order valence-electron chi connectivity index (χ2n) is 34.1. The fraction of sp³-hybridized carbons (Fsp3) is 0.0741. The average Bonchev–Trinajstić information content (AvgIpc) is 1.58. The molecule has 0 spiro atoms. The largest absolute Gasteiger partial charge is 2.00 e. The van der Waals surface area contributed by atoms with E-state index in [-0.39, 0.29) is 126 Å². The van der Waals surface area contributed by atoms with Crippen molar-refractivity contribution in [2.24, 2.45) is 56.4 Å². The predicted molar refractivity (Wildman–Crippen MR) is 536 cm³/mol. The molecule has 8 aromatic carbocycles. The number of aromatic amines is 2. The first-order valence-corrected chi connectivity index (χ1v) is 45.1. The van der Waals surface area contributed by atoms with Crippen LogP contribution in [0.15, 0.2) is 319 Å². The maximum atomic E-state index is 4.90. The summed E-state index contributed by atoms with van der Waals surface area (Å²) < 4.78 is 39.4. The van der Waals surface area contributed by atoms with Gasteiger partial charge in [-0.1, -0.05) is 203 Å². The zero-order chi connectivity index (χ0) is 95.5. The molecule has 0 bridgehead atoms. The first-order valence-electron chi connectivity index (χ1n) is 45.1. The molecule has 148 heavy (non-hydrogen) atoms. The molecule has 34 nitrogen and oxygen atoms in total.